The molecule has 0 saturated carbocycles. The third-order valence-corrected chi connectivity index (χ3v) is 2.72. The molecule has 0 bridgehead atoms. The molecule has 4 nitrogen and oxygen atoms in total. The smallest absolute Gasteiger partial charge is 0.305 e. The molecule has 0 aliphatic rings. The number of carboxylic acids is 1. The van der Waals surface area contributed by atoms with E-state index in [0.29, 0.717) is 12.0 Å². The Kier molecular flexibility index (Phi) is 6.43. The van der Waals surface area contributed by atoms with Crippen molar-refractivity contribution >= 4 is 18.0 Å². The molecule has 20 heavy (non-hydrogen) atoms. The molecular formula is C15H18FNO3. The molecule has 0 heterocycles. The molecule has 1 amide bonds. The van der Waals surface area contributed by atoms with Crippen LogP contribution in [0.25, 0.3) is 6.08 Å². The average molecular weight is 279 g/mol. The molecule has 0 radical (unpaired) electrons. The second-order valence-corrected chi connectivity index (χ2v) is 4.45. The summed E-state index contributed by atoms with van der Waals surface area (Å²) < 4.78 is 13.3. The third kappa shape index (κ3) is 5.65. The first-order valence-electron chi connectivity index (χ1n) is 6.47. The van der Waals surface area contributed by atoms with E-state index in [4.69, 9.17) is 5.11 Å². The van der Waals surface area contributed by atoms with Crippen LogP contribution in [0.1, 0.15) is 31.7 Å². The number of benzene rings is 1. The molecule has 1 aromatic carbocycles. The van der Waals surface area contributed by atoms with Crippen LogP contribution in [0, 0.1) is 5.82 Å². The van der Waals surface area contributed by atoms with E-state index >= 15 is 0 Å². The predicted molar refractivity (Wildman–Crippen MR) is 74.5 cm³/mol. The second-order valence-electron chi connectivity index (χ2n) is 4.45. The summed E-state index contributed by atoms with van der Waals surface area (Å²) >= 11 is 0. The summed E-state index contributed by atoms with van der Waals surface area (Å²) in [5.74, 6) is -1.79. The van der Waals surface area contributed by atoms with E-state index in [0.717, 1.165) is 6.42 Å². The highest BCUT2D eigenvalue weighted by Gasteiger charge is 2.13. The van der Waals surface area contributed by atoms with Gasteiger partial charge in [0.05, 0.1) is 6.42 Å². The largest absolute Gasteiger partial charge is 0.481 e. The summed E-state index contributed by atoms with van der Waals surface area (Å²) in [6, 6.07) is 5.69. The number of hydrogen-bond donors (Lipinski definition) is 2. The van der Waals surface area contributed by atoms with Crippen LogP contribution in [-0.2, 0) is 9.59 Å². The summed E-state index contributed by atoms with van der Waals surface area (Å²) in [7, 11) is 0. The van der Waals surface area contributed by atoms with E-state index in [1.165, 1.54) is 18.2 Å². The van der Waals surface area contributed by atoms with Crippen molar-refractivity contribution in [3.63, 3.8) is 0 Å². The molecule has 0 fully saturated rings. The van der Waals surface area contributed by atoms with Gasteiger partial charge < -0.3 is 10.4 Å². The van der Waals surface area contributed by atoms with Crippen LogP contribution in [0.4, 0.5) is 4.39 Å². The van der Waals surface area contributed by atoms with Gasteiger partial charge in [0.2, 0.25) is 5.91 Å². The maximum absolute atomic E-state index is 13.3. The van der Waals surface area contributed by atoms with Crippen LogP contribution in [-0.4, -0.2) is 23.0 Å². The zero-order chi connectivity index (χ0) is 15.0. The number of carbonyl (C=O) groups excluding carboxylic acids is 1. The first-order valence-corrected chi connectivity index (χ1v) is 6.47. The quantitative estimate of drug-likeness (QED) is 0.754. The maximum atomic E-state index is 13.3. The number of nitrogens with one attached hydrogen (secondary N) is 1. The molecule has 0 saturated heterocycles. The second kappa shape index (κ2) is 8.09. The molecule has 0 aliphatic heterocycles. The summed E-state index contributed by atoms with van der Waals surface area (Å²) in [6.07, 6.45) is 3.82. The normalized spacial score (nSPS) is 12.3. The van der Waals surface area contributed by atoms with Crippen molar-refractivity contribution in [1.82, 2.24) is 5.32 Å². The Morgan fingerprint density at radius 3 is 2.70 bits per heavy atom. The molecule has 0 aliphatic carbocycles. The van der Waals surface area contributed by atoms with Gasteiger partial charge in [0.15, 0.2) is 0 Å². The van der Waals surface area contributed by atoms with E-state index in [2.05, 4.69) is 5.32 Å². The zero-order valence-electron chi connectivity index (χ0n) is 11.3. The van der Waals surface area contributed by atoms with Gasteiger partial charge in [0.25, 0.3) is 0 Å². The van der Waals surface area contributed by atoms with Gasteiger partial charge in [-0.1, -0.05) is 31.5 Å². The van der Waals surface area contributed by atoms with E-state index in [1.807, 2.05) is 6.92 Å². The van der Waals surface area contributed by atoms with E-state index in [1.54, 1.807) is 18.2 Å². The molecular weight excluding hydrogens is 261 g/mol. The molecule has 108 valence electrons. The molecule has 2 N–H and O–H groups in total. The Labute approximate surface area is 117 Å². The van der Waals surface area contributed by atoms with Gasteiger partial charge in [0, 0.05) is 17.7 Å². The number of carbonyl (C=O) groups is 2. The van der Waals surface area contributed by atoms with E-state index < -0.39 is 23.7 Å². The standard InChI is InChI=1S/C15H18FNO3/c1-2-5-12(10-15(19)20)17-14(18)9-8-11-6-3-4-7-13(11)16/h3-4,6-9,12H,2,5,10H2,1H3,(H,17,18)(H,19,20)/b9-8+. The van der Waals surface area contributed by atoms with Crippen LogP contribution in [0.15, 0.2) is 30.3 Å². The lowest BCUT2D eigenvalue weighted by molar-refractivity contribution is -0.137. The highest BCUT2D eigenvalue weighted by molar-refractivity contribution is 5.92. The molecule has 1 atom stereocenters. The molecule has 0 aromatic heterocycles. The fourth-order valence-corrected chi connectivity index (χ4v) is 1.81. The summed E-state index contributed by atoms with van der Waals surface area (Å²) in [5.41, 5.74) is 0.313. The van der Waals surface area contributed by atoms with Crippen molar-refractivity contribution in [2.24, 2.45) is 0 Å². The van der Waals surface area contributed by atoms with Crippen LogP contribution in [0.3, 0.4) is 0 Å². The Bertz CT molecular complexity index is 500. The Morgan fingerprint density at radius 2 is 2.10 bits per heavy atom. The fourth-order valence-electron chi connectivity index (χ4n) is 1.81. The number of aliphatic carboxylic acids is 1. The first-order chi connectivity index (χ1) is 9.52. The maximum Gasteiger partial charge on any atom is 0.305 e. The van der Waals surface area contributed by atoms with Crippen LogP contribution >= 0.6 is 0 Å². The monoisotopic (exact) mass is 279 g/mol. The number of rotatable bonds is 7. The topological polar surface area (TPSA) is 66.4 Å². The lowest BCUT2D eigenvalue weighted by atomic mass is 10.1. The van der Waals surface area contributed by atoms with Crippen molar-refractivity contribution in [2.45, 2.75) is 32.2 Å². The number of halogens is 1. The van der Waals surface area contributed by atoms with E-state index in [-0.39, 0.29) is 6.42 Å². The molecule has 1 unspecified atom stereocenters. The highest BCUT2D eigenvalue weighted by Crippen LogP contribution is 2.08. The Balaban J connectivity index is 2.61. The molecule has 0 spiro atoms. The van der Waals surface area contributed by atoms with Crippen molar-refractivity contribution in [2.75, 3.05) is 0 Å². The minimum Gasteiger partial charge on any atom is -0.481 e. The Hall–Kier alpha value is -2.17. The van der Waals surface area contributed by atoms with Crippen LogP contribution in [0.2, 0.25) is 0 Å². The van der Waals surface area contributed by atoms with E-state index in [9.17, 15) is 14.0 Å². The van der Waals surface area contributed by atoms with Crippen molar-refractivity contribution in [1.29, 1.82) is 0 Å². The summed E-state index contributed by atoms with van der Waals surface area (Å²) in [4.78, 5) is 22.4. The van der Waals surface area contributed by atoms with Gasteiger partial charge in [-0.05, 0) is 18.6 Å². The minimum absolute atomic E-state index is 0.118. The first kappa shape index (κ1) is 15.9. The predicted octanol–water partition coefficient (Wildman–Crippen LogP) is 2.60. The number of carboxylic acid groups (broad SMARTS) is 1. The van der Waals surface area contributed by atoms with Crippen molar-refractivity contribution < 1.29 is 19.1 Å². The third-order valence-electron chi connectivity index (χ3n) is 2.72. The van der Waals surface area contributed by atoms with Crippen LogP contribution < -0.4 is 5.32 Å². The molecule has 1 aromatic rings. The molecule has 5 heteroatoms. The van der Waals surface area contributed by atoms with Crippen molar-refractivity contribution in [3.8, 4) is 0 Å². The van der Waals surface area contributed by atoms with Gasteiger partial charge in [-0.3, -0.25) is 9.59 Å². The lowest BCUT2D eigenvalue weighted by Gasteiger charge is -2.14. The fraction of sp³-hybridized carbons (Fsp3) is 0.333. The SMILES string of the molecule is CCCC(CC(=O)O)NC(=O)/C=C/c1ccccc1F. The Morgan fingerprint density at radius 1 is 1.40 bits per heavy atom. The van der Waals surface area contributed by atoms with Gasteiger partial charge >= 0.3 is 5.97 Å². The number of amides is 1. The molecule has 1 rings (SSSR count). The van der Waals surface area contributed by atoms with Crippen LogP contribution in [0.5, 0.6) is 0 Å². The van der Waals surface area contributed by atoms with Gasteiger partial charge in [-0.15, -0.1) is 0 Å². The van der Waals surface area contributed by atoms with Crippen molar-refractivity contribution in [3.05, 3.63) is 41.7 Å². The van der Waals surface area contributed by atoms with Gasteiger partial charge in [-0.2, -0.15) is 0 Å². The summed E-state index contributed by atoms with van der Waals surface area (Å²) in [6.45, 7) is 1.91. The zero-order valence-corrected chi connectivity index (χ0v) is 11.3. The van der Waals surface area contributed by atoms with Gasteiger partial charge in [0.1, 0.15) is 5.82 Å². The minimum atomic E-state index is -0.957. The summed E-state index contributed by atoms with van der Waals surface area (Å²) in [5, 5.41) is 11.4. The van der Waals surface area contributed by atoms with Gasteiger partial charge in [-0.25, -0.2) is 4.39 Å². The highest BCUT2D eigenvalue weighted by atomic mass is 19.1. The number of hydrogen-bond acceptors (Lipinski definition) is 2. The lowest BCUT2D eigenvalue weighted by Crippen LogP contribution is -2.35. The average Bonchev–Trinajstić information content (AvgIpc) is 2.37.